The average Bonchev–Trinajstić information content (AvgIpc) is 2.84. The van der Waals surface area contributed by atoms with Crippen LogP contribution in [-0.2, 0) is 11.3 Å². The molecular weight excluding hydrogens is 286 g/mol. The first-order valence-corrected chi connectivity index (χ1v) is 8.34. The maximum atomic E-state index is 12.2. The SMILES string of the molecule is Cc1nc(CN2CCC(C(=O)NC(C)(C)CO)CC2)cs1. The number of aromatic nitrogens is 1. The molecule has 0 spiro atoms. The Kier molecular flexibility index (Phi) is 5.35. The zero-order valence-corrected chi connectivity index (χ0v) is 13.9. The van der Waals surface area contributed by atoms with Crippen LogP contribution in [0.2, 0.25) is 0 Å². The molecule has 1 aliphatic heterocycles. The predicted molar refractivity (Wildman–Crippen MR) is 84.2 cm³/mol. The van der Waals surface area contributed by atoms with Crippen LogP contribution < -0.4 is 5.32 Å². The molecule has 0 unspecified atom stereocenters. The third kappa shape index (κ3) is 4.76. The van der Waals surface area contributed by atoms with E-state index in [2.05, 4.69) is 20.6 Å². The van der Waals surface area contributed by atoms with E-state index < -0.39 is 5.54 Å². The van der Waals surface area contributed by atoms with Crippen LogP contribution in [0, 0.1) is 12.8 Å². The number of aliphatic hydroxyl groups is 1. The lowest BCUT2D eigenvalue weighted by Crippen LogP contribution is -2.50. The molecule has 5 nitrogen and oxygen atoms in total. The number of amides is 1. The number of piperidine rings is 1. The zero-order valence-electron chi connectivity index (χ0n) is 13.1. The first-order valence-electron chi connectivity index (χ1n) is 7.46. The number of hydrogen-bond acceptors (Lipinski definition) is 5. The Bertz CT molecular complexity index is 479. The van der Waals surface area contributed by atoms with Gasteiger partial charge in [0.1, 0.15) is 0 Å². The van der Waals surface area contributed by atoms with Gasteiger partial charge in [-0.3, -0.25) is 9.69 Å². The first-order chi connectivity index (χ1) is 9.89. The van der Waals surface area contributed by atoms with E-state index in [4.69, 9.17) is 0 Å². The molecule has 2 N–H and O–H groups in total. The molecule has 1 aliphatic rings. The number of hydrogen-bond donors (Lipinski definition) is 2. The molecule has 118 valence electrons. The summed E-state index contributed by atoms with van der Waals surface area (Å²) in [5, 5.41) is 15.4. The van der Waals surface area contributed by atoms with E-state index in [9.17, 15) is 9.90 Å². The van der Waals surface area contributed by atoms with Gasteiger partial charge in [0.2, 0.25) is 5.91 Å². The molecule has 2 rings (SSSR count). The van der Waals surface area contributed by atoms with Gasteiger partial charge in [0.05, 0.1) is 22.8 Å². The van der Waals surface area contributed by atoms with Gasteiger partial charge in [-0.2, -0.15) is 0 Å². The van der Waals surface area contributed by atoms with Crippen LogP contribution in [0.5, 0.6) is 0 Å². The molecule has 0 bridgehead atoms. The van der Waals surface area contributed by atoms with E-state index in [0.717, 1.165) is 43.2 Å². The van der Waals surface area contributed by atoms with Crippen molar-refractivity contribution in [3.8, 4) is 0 Å². The zero-order chi connectivity index (χ0) is 15.5. The Labute approximate surface area is 130 Å². The molecule has 0 atom stereocenters. The Morgan fingerprint density at radius 2 is 2.19 bits per heavy atom. The molecule has 0 radical (unpaired) electrons. The smallest absolute Gasteiger partial charge is 0.223 e. The minimum atomic E-state index is -0.535. The van der Waals surface area contributed by atoms with Gasteiger partial charge < -0.3 is 10.4 Å². The molecule has 1 fully saturated rings. The fraction of sp³-hybridized carbons (Fsp3) is 0.733. The Hall–Kier alpha value is -0.980. The van der Waals surface area contributed by atoms with Crippen molar-refractivity contribution in [1.82, 2.24) is 15.2 Å². The lowest BCUT2D eigenvalue weighted by Gasteiger charge is -2.33. The van der Waals surface area contributed by atoms with Gasteiger partial charge in [0, 0.05) is 17.8 Å². The lowest BCUT2D eigenvalue weighted by molar-refractivity contribution is -0.128. The normalized spacial score (nSPS) is 17.9. The van der Waals surface area contributed by atoms with E-state index >= 15 is 0 Å². The van der Waals surface area contributed by atoms with Crippen LogP contribution in [0.4, 0.5) is 0 Å². The summed E-state index contributed by atoms with van der Waals surface area (Å²) in [6.45, 7) is 8.38. The van der Waals surface area contributed by atoms with E-state index in [0.29, 0.717) is 0 Å². The second-order valence-corrected chi connectivity index (χ2v) is 7.50. The summed E-state index contributed by atoms with van der Waals surface area (Å²) in [6, 6.07) is 0. The number of aliphatic hydroxyl groups excluding tert-OH is 1. The highest BCUT2D eigenvalue weighted by Gasteiger charge is 2.28. The van der Waals surface area contributed by atoms with Gasteiger partial charge in [-0.25, -0.2) is 4.98 Å². The molecule has 0 aromatic carbocycles. The van der Waals surface area contributed by atoms with Crippen molar-refractivity contribution in [3.63, 3.8) is 0 Å². The molecule has 6 heteroatoms. The number of nitrogens with one attached hydrogen (secondary N) is 1. The summed E-state index contributed by atoms with van der Waals surface area (Å²) in [7, 11) is 0. The van der Waals surface area contributed by atoms with Crippen LogP contribution in [0.15, 0.2) is 5.38 Å². The standard InChI is InChI=1S/C15H25N3O2S/c1-11-16-13(9-21-11)8-18-6-4-12(5-7-18)14(20)17-15(2,3)10-19/h9,12,19H,4-8,10H2,1-3H3,(H,17,20). The summed E-state index contributed by atoms with van der Waals surface area (Å²) in [5.74, 6) is 0.127. The maximum Gasteiger partial charge on any atom is 0.223 e. The quantitative estimate of drug-likeness (QED) is 0.866. The minimum absolute atomic E-state index is 0.0409. The van der Waals surface area contributed by atoms with Crippen LogP contribution in [-0.4, -0.2) is 46.1 Å². The Balaban J connectivity index is 1.79. The summed E-state index contributed by atoms with van der Waals surface area (Å²) in [5.41, 5.74) is 0.591. The van der Waals surface area contributed by atoms with Crippen molar-refractivity contribution < 1.29 is 9.90 Å². The summed E-state index contributed by atoms with van der Waals surface area (Å²) < 4.78 is 0. The van der Waals surface area contributed by atoms with Crippen molar-refractivity contribution in [1.29, 1.82) is 0 Å². The predicted octanol–water partition coefficient (Wildman–Crippen LogP) is 1.55. The van der Waals surface area contributed by atoms with Crippen molar-refractivity contribution in [2.45, 2.75) is 45.7 Å². The van der Waals surface area contributed by atoms with Gasteiger partial charge >= 0.3 is 0 Å². The largest absolute Gasteiger partial charge is 0.394 e. The highest BCUT2D eigenvalue weighted by atomic mass is 32.1. The second kappa shape index (κ2) is 6.85. The number of aryl methyl sites for hydroxylation is 1. The van der Waals surface area contributed by atoms with Crippen LogP contribution in [0.25, 0.3) is 0 Å². The molecule has 0 aliphatic carbocycles. The van der Waals surface area contributed by atoms with Gasteiger partial charge in [-0.05, 0) is 46.7 Å². The van der Waals surface area contributed by atoms with Crippen LogP contribution >= 0.6 is 11.3 Å². The van der Waals surface area contributed by atoms with E-state index in [-0.39, 0.29) is 18.4 Å². The topological polar surface area (TPSA) is 65.5 Å². The second-order valence-electron chi connectivity index (χ2n) is 6.44. The Morgan fingerprint density at radius 1 is 1.52 bits per heavy atom. The lowest BCUT2D eigenvalue weighted by atomic mass is 9.94. The van der Waals surface area contributed by atoms with E-state index in [1.165, 1.54) is 0 Å². The summed E-state index contributed by atoms with van der Waals surface area (Å²) in [6.07, 6.45) is 1.74. The highest BCUT2D eigenvalue weighted by molar-refractivity contribution is 7.09. The van der Waals surface area contributed by atoms with Gasteiger partial charge in [-0.1, -0.05) is 0 Å². The van der Waals surface area contributed by atoms with Crippen LogP contribution in [0.3, 0.4) is 0 Å². The number of rotatable bonds is 5. The van der Waals surface area contributed by atoms with E-state index in [1.54, 1.807) is 11.3 Å². The number of thiazole rings is 1. The molecule has 21 heavy (non-hydrogen) atoms. The van der Waals surface area contributed by atoms with Gasteiger partial charge in [0.25, 0.3) is 0 Å². The summed E-state index contributed by atoms with van der Waals surface area (Å²) >= 11 is 1.68. The molecule has 1 amide bonds. The minimum Gasteiger partial charge on any atom is -0.394 e. The highest BCUT2D eigenvalue weighted by Crippen LogP contribution is 2.20. The number of carbonyl (C=O) groups is 1. The monoisotopic (exact) mass is 311 g/mol. The number of nitrogens with zero attached hydrogens (tertiary/aromatic N) is 2. The van der Waals surface area contributed by atoms with Crippen molar-refractivity contribution in [2.75, 3.05) is 19.7 Å². The first kappa shape index (κ1) is 16.4. The Morgan fingerprint density at radius 3 is 2.71 bits per heavy atom. The van der Waals surface area contributed by atoms with Crippen molar-refractivity contribution >= 4 is 17.2 Å². The van der Waals surface area contributed by atoms with E-state index in [1.807, 2.05) is 20.8 Å². The molecule has 0 saturated carbocycles. The molecule has 1 aromatic heterocycles. The molecule has 1 saturated heterocycles. The molecule has 2 heterocycles. The van der Waals surface area contributed by atoms with Gasteiger partial charge in [-0.15, -0.1) is 11.3 Å². The van der Waals surface area contributed by atoms with Gasteiger partial charge in [0.15, 0.2) is 0 Å². The number of carbonyl (C=O) groups excluding carboxylic acids is 1. The van der Waals surface area contributed by atoms with Crippen molar-refractivity contribution in [2.24, 2.45) is 5.92 Å². The third-order valence-corrected chi connectivity index (χ3v) is 4.69. The average molecular weight is 311 g/mol. The molecule has 1 aromatic rings. The molecular formula is C15H25N3O2S. The van der Waals surface area contributed by atoms with Crippen molar-refractivity contribution in [3.05, 3.63) is 16.1 Å². The number of likely N-dealkylation sites (tertiary alicyclic amines) is 1. The van der Waals surface area contributed by atoms with Crippen LogP contribution in [0.1, 0.15) is 37.4 Å². The fourth-order valence-corrected chi connectivity index (χ4v) is 3.14. The fourth-order valence-electron chi connectivity index (χ4n) is 2.54. The third-order valence-electron chi connectivity index (χ3n) is 3.87. The maximum absolute atomic E-state index is 12.2. The summed E-state index contributed by atoms with van der Waals surface area (Å²) in [4.78, 5) is 19.0.